The molecule has 1 N–H and O–H groups in total. The summed E-state index contributed by atoms with van der Waals surface area (Å²) in [7, 11) is 0. The number of nitrogens with one attached hydrogen (secondary N) is 1. The molecule has 112 valence electrons. The fraction of sp³-hybridized carbons (Fsp3) is 0.529. The zero-order valence-electron chi connectivity index (χ0n) is 12.9. The Kier molecular flexibility index (Phi) is 3.57. The Hall–Kier alpha value is -1.68. The van der Waals surface area contributed by atoms with Crippen LogP contribution in [-0.2, 0) is 0 Å². The first kappa shape index (κ1) is 14.3. The summed E-state index contributed by atoms with van der Waals surface area (Å²) < 4.78 is 0. The highest BCUT2D eigenvalue weighted by atomic mass is 16.2. The van der Waals surface area contributed by atoms with E-state index in [0.717, 1.165) is 30.4 Å². The molecule has 0 radical (unpaired) electrons. The quantitative estimate of drug-likeness (QED) is 0.850. The highest BCUT2D eigenvalue weighted by Gasteiger charge is 2.39. The fourth-order valence-electron chi connectivity index (χ4n) is 3.49. The van der Waals surface area contributed by atoms with E-state index in [1.165, 1.54) is 4.90 Å². The van der Waals surface area contributed by atoms with Gasteiger partial charge in [-0.3, -0.25) is 14.5 Å². The zero-order valence-corrected chi connectivity index (χ0v) is 12.9. The molecule has 1 fully saturated rings. The number of aryl methyl sites for hydroxylation is 2. The van der Waals surface area contributed by atoms with Gasteiger partial charge in [-0.2, -0.15) is 0 Å². The van der Waals surface area contributed by atoms with Crippen LogP contribution in [-0.4, -0.2) is 35.3 Å². The molecule has 2 aliphatic rings. The standard InChI is InChI=1S/C17H22N2O2/c1-10-7-8-11(2)15-14(10)16(20)19(17(15)21)9-13-6-4-5-12(3)18-13/h7-8,12-13,18H,4-6,9H2,1-3H3. The van der Waals surface area contributed by atoms with Crippen LogP contribution < -0.4 is 5.32 Å². The molecule has 2 amide bonds. The zero-order chi connectivity index (χ0) is 15.1. The summed E-state index contributed by atoms with van der Waals surface area (Å²) in [5, 5.41) is 3.49. The van der Waals surface area contributed by atoms with Crippen LogP contribution in [0.3, 0.4) is 0 Å². The van der Waals surface area contributed by atoms with E-state index in [-0.39, 0.29) is 17.9 Å². The summed E-state index contributed by atoms with van der Waals surface area (Å²) in [5.41, 5.74) is 2.98. The normalized spacial score (nSPS) is 25.4. The number of nitrogens with zero attached hydrogens (tertiary/aromatic N) is 1. The molecule has 21 heavy (non-hydrogen) atoms. The number of carbonyl (C=O) groups is 2. The largest absolute Gasteiger partial charge is 0.310 e. The maximum Gasteiger partial charge on any atom is 0.261 e. The number of fused-ring (bicyclic) bond motifs is 1. The van der Waals surface area contributed by atoms with Gasteiger partial charge in [-0.25, -0.2) is 0 Å². The second-order valence-electron chi connectivity index (χ2n) is 6.37. The first-order valence-corrected chi connectivity index (χ1v) is 7.71. The predicted octanol–water partition coefficient (Wildman–Crippen LogP) is 2.43. The van der Waals surface area contributed by atoms with Gasteiger partial charge in [0.1, 0.15) is 0 Å². The second-order valence-corrected chi connectivity index (χ2v) is 6.37. The lowest BCUT2D eigenvalue weighted by molar-refractivity contribution is 0.0627. The van der Waals surface area contributed by atoms with Crippen molar-refractivity contribution in [2.45, 2.75) is 52.1 Å². The smallest absolute Gasteiger partial charge is 0.261 e. The summed E-state index contributed by atoms with van der Waals surface area (Å²) in [6, 6.07) is 4.52. The monoisotopic (exact) mass is 286 g/mol. The third kappa shape index (κ3) is 2.38. The molecule has 3 rings (SSSR count). The third-order valence-corrected chi connectivity index (χ3v) is 4.65. The highest BCUT2D eigenvalue weighted by molar-refractivity contribution is 6.22. The minimum Gasteiger partial charge on any atom is -0.310 e. The molecule has 2 heterocycles. The van der Waals surface area contributed by atoms with Crippen LogP contribution in [0.1, 0.15) is 58.0 Å². The van der Waals surface area contributed by atoms with Crippen LogP contribution in [0.2, 0.25) is 0 Å². The van der Waals surface area contributed by atoms with Gasteiger partial charge in [-0.05, 0) is 44.7 Å². The van der Waals surface area contributed by atoms with Crippen LogP contribution in [0.25, 0.3) is 0 Å². The molecule has 1 saturated heterocycles. The summed E-state index contributed by atoms with van der Waals surface area (Å²) in [4.78, 5) is 26.7. The van der Waals surface area contributed by atoms with Gasteiger partial charge >= 0.3 is 0 Å². The number of benzene rings is 1. The molecular formula is C17H22N2O2. The van der Waals surface area contributed by atoms with E-state index in [4.69, 9.17) is 0 Å². The van der Waals surface area contributed by atoms with Gasteiger partial charge in [-0.1, -0.05) is 18.6 Å². The Morgan fingerprint density at radius 1 is 1.10 bits per heavy atom. The van der Waals surface area contributed by atoms with E-state index in [1.807, 2.05) is 26.0 Å². The van der Waals surface area contributed by atoms with Gasteiger partial charge in [0.05, 0.1) is 11.1 Å². The molecule has 0 spiro atoms. The summed E-state index contributed by atoms with van der Waals surface area (Å²) in [5.74, 6) is -0.257. The topological polar surface area (TPSA) is 49.4 Å². The molecule has 2 atom stereocenters. The SMILES string of the molecule is Cc1ccc(C)c2c1C(=O)N(CC1CCCC(C)N1)C2=O. The number of carbonyl (C=O) groups excluding carboxylic acids is 2. The van der Waals surface area contributed by atoms with Crippen LogP contribution in [0.5, 0.6) is 0 Å². The Labute approximate surface area is 125 Å². The van der Waals surface area contributed by atoms with Crippen molar-refractivity contribution in [1.82, 2.24) is 10.2 Å². The first-order valence-electron chi connectivity index (χ1n) is 7.71. The summed E-state index contributed by atoms with van der Waals surface area (Å²) >= 11 is 0. The number of imide groups is 1. The molecule has 0 saturated carbocycles. The number of amides is 2. The van der Waals surface area contributed by atoms with Crippen molar-refractivity contribution >= 4 is 11.8 Å². The van der Waals surface area contributed by atoms with Crippen LogP contribution >= 0.6 is 0 Å². The van der Waals surface area contributed by atoms with Gasteiger partial charge in [0.15, 0.2) is 0 Å². The van der Waals surface area contributed by atoms with Crippen molar-refractivity contribution in [3.63, 3.8) is 0 Å². The molecule has 2 aliphatic heterocycles. The second kappa shape index (κ2) is 5.26. The van der Waals surface area contributed by atoms with E-state index >= 15 is 0 Å². The van der Waals surface area contributed by atoms with Crippen LogP contribution in [0.4, 0.5) is 0 Å². The van der Waals surface area contributed by atoms with Gasteiger partial charge in [0.2, 0.25) is 0 Å². The fourth-order valence-corrected chi connectivity index (χ4v) is 3.49. The first-order chi connectivity index (χ1) is 9.99. The Morgan fingerprint density at radius 3 is 2.19 bits per heavy atom. The predicted molar refractivity (Wildman–Crippen MR) is 81.5 cm³/mol. The molecule has 4 heteroatoms. The molecule has 1 aromatic carbocycles. The van der Waals surface area contributed by atoms with Gasteiger partial charge < -0.3 is 5.32 Å². The summed E-state index contributed by atoms with van der Waals surface area (Å²) in [6.07, 6.45) is 3.34. The number of hydrogen-bond donors (Lipinski definition) is 1. The molecule has 2 unspecified atom stereocenters. The van der Waals surface area contributed by atoms with E-state index in [2.05, 4.69) is 12.2 Å². The van der Waals surface area contributed by atoms with E-state index in [0.29, 0.717) is 23.7 Å². The number of rotatable bonds is 2. The lowest BCUT2D eigenvalue weighted by atomic mass is 9.99. The Morgan fingerprint density at radius 2 is 1.67 bits per heavy atom. The number of piperidine rings is 1. The lowest BCUT2D eigenvalue weighted by Gasteiger charge is -2.31. The minimum atomic E-state index is -0.128. The van der Waals surface area contributed by atoms with E-state index < -0.39 is 0 Å². The molecule has 4 nitrogen and oxygen atoms in total. The molecule has 1 aromatic rings. The average molecular weight is 286 g/mol. The average Bonchev–Trinajstić information content (AvgIpc) is 2.69. The van der Waals surface area contributed by atoms with E-state index in [1.54, 1.807) is 0 Å². The van der Waals surface area contributed by atoms with Crippen molar-refractivity contribution in [3.05, 3.63) is 34.4 Å². The molecular weight excluding hydrogens is 264 g/mol. The maximum absolute atomic E-state index is 12.6. The van der Waals surface area contributed by atoms with Crippen molar-refractivity contribution in [2.24, 2.45) is 0 Å². The van der Waals surface area contributed by atoms with Crippen molar-refractivity contribution in [1.29, 1.82) is 0 Å². The van der Waals surface area contributed by atoms with Gasteiger partial charge in [-0.15, -0.1) is 0 Å². The minimum absolute atomic E-state index is 0.128. The van der Waals surface area contributed by atoms with Gasteiger partial charge in [0, 0.05) is 18.6 Å². The maximum atomic E-state index is 12.6. The molecule has 0 aromatic heterocycles. The molecule has 0 bridgehead atoms. The lowest BCUT2D eigenvalue weighted by Crippen LogP contribution is -2.48. The highest BCUT2D eigenvalue weighted by Crippen LogP contribution is 2.29. The van der Waals surface area contributed by atoms with Crippen molar-refractivity contribution in [2.75, 3.05) is 6.54 Å². The Bertz CT molecular complexity index is 568. The van der Waals surface area contributed by atoms with Gasteiger partial charge in [0.25, 0.3) is 11.8 Å². The van der Waals surface area contributed by atoms with E-state index in [9.17, 15) is 9.59 Å². The van der Waals surface area contributed by atoms with Crippen LogP contribution in [0, 0.1) is 13.8 Å². The van der Waals surface area contributed by atoms with Crippen LogP contribution in [0.15, 0.2) is 12.1 Å². The Balaban J connectivity index is 1.86. The summed E-state index contributed by atoms with van der Waals surface area (Å²) in [6.45, 7) is 6.43. The molecule has 0 aliphatic carbocycles. The third-order valence-electron chi connectivity index (χ3n) is 4.65. The van der Waals surface area contributed by atoms with Crippen molar-refractivity contribution in [3.8, 4) is 0 Å². The van der Waals surface area contributed by atoms with Crippen molar-refractivity contribution < 1.29 is 9.59 Å². The number of hydrogen-bond acceptors (Lipinski definition) is 3.